The molecule has 11 heteroatoms. The highest BCUT2D eigenvalue weighted by Crippen LogP contribution is 2.43. The molecule has 1 fully saturated rings. The number of halogens is 3. The highest BCUT2D eigenvalue weighted by atomic mass is 32.2. The number of rotatable bonds is 12. The maximum Gasteiger partial charge on any atom is 0.417 e. The average Bonchev–Trinajstić information content (AvgIpc) is 2.90. The lowest BCUT2D eigenvalue weighted by atomic mass is 9.90. The summed E-state index contributed by atoms with van der Waals surface area (Å²) in [7, 11) is 0. The minimum atomic E-state index is -4.83. The second-order valence-electron chi connectivity index (χ2n) is 10.9. The van der Waals surface area contributed by atoms with E-state index >= 15 is 0 Å². The van der Waals surface area contributed by atoms with Crippen molar-refractivity contribution in [3.05, 3.63) is 58.7 Å². The van der Waals surface area contributed by atoms with Gasteiger partial charge in [0.2, 0.25) is 0 Å². The van der Waals surface area contributed by atoms with Gasteiger partial charge in [-0.3, -0.25) is 0 Å². The highest BCUT2D eigenvalue weighted by molar-refractivity contribution is 7.90. The van der Waals surface area contributed by atoms with Crippen LogP contribution in [-0.4, -0.2) is 41.4 Å². The third-order valence-corrected chi connectivity index (χ3v) is 8.15. The van der Waals surface area contributed by atoms with Crippen LogP contribution in [0.1, 0.15) is 92.9 Å². The van der Waals surface area contributed by atoms with E-state index in [-0.39, 0.29) is 47.6 Å². The summed E-state index contributed by atoms with van der Waals surface area (Å²) in [6, 6.07) is 8.37. The summed E-state index contributed by atoms with van der Waals surface area (Å²) in [6.07, 6.45) is -2.84. The first-order valence-electron chi connectivity index (χ1n) is 13.9. The number of nitrogens with one attached hydrogen (secondary N) is 1. The second kappa shape index (κ2) is 14.7. The van der Waals surface area contributed by atoms with Gasteiger partial charge in [-0.1, -0.05) is 31.5 Å². The second-order valence-corrected chi connectivity index (χ2v) is 12.9. The molecule has 3 rings (SSSR count). The molecule has 2 atom stereocenters. The molecule has 1 aliphatic rings. The lowest BCUT2D eigenvalue weighted by Gasteiger charge is -2.31. The average molecular weight is 600 g/mol. The predicted molar refractivity (Wildman–Crippen MR) is 151 cm³/mol. The van der Waals surface area contributed by atoms with E-state index in [4.69, 9.17) is 18.9 Å². The molecule has 1 N–H and O–H groups in total. The lowest BCUT2D eigenvalue weighted by molar-refractivity contribution is -0.182. The molecule has 1 saturated heterocycles. The van der Waals surface area contributed by atoms with Gasteiger partial charge in [-0.2, -0.15) is 13.2 Å². The van der Waals surface area contributed by atoms with Gasteiger partial charge in [0.1, 0.15) is 21.8 Å². The van der Waals surface area contributed by atoms with Crippen molar-refractivity contribution >= 4 is 17.3 Å². The van der Waals surface area contributed by atoms with Crippen molar-refractivity contribution in [1.29, 1.82) is 0 Å². The number of hydrogen-bond donors (Lipinski definition) is 1. The largest absolute Gasteiger partial charge is 0.598 e. The Labute approximate surface area is 243 Å². The molecule has 0 saturated carbocycles. The van der Waals surface area contributed by atoms with Crippen molar-refractivity contribution in [2.45, 2.75) is 90.0 Å². The number of carbonyl (C=O) groups is 1. The van der Waals surface area contributed by atoms with Crippen LogP contribution >= 0.6 is 0 Å². The molecule has 228 valence electrons. The number of para-hydroxylation sites is 1. The molecule has 1 heterocycles. The SMILES string of the molecule is CCCCOc1cc(C(CCC2OCCCO2)N[S+]([O-])C(C)(C)C)c(C(F)(F)F)c(C)c1C(=O)Oc1ccccc1. The molecule has 1 aliphatic heterocycles. The van der Waals surface area contributed by atoms with E-state index in [1.54, 1.807) is 51.1 Å². The number of carbonyl (C=O) groups excluding carboxylic acids is 1. The predicted octanol–water partition coefficient (Wildman–Crippen LogP) is 7.05. The fourth-order valence-corrected chi connectivity index (χ4v) is 5.25. The molecule has 0 aromatic heterocycles. The van der Waals surface area contributed by atoms with Crippen molar-refractivity contribution in [2.24, 2.45) is 0 Å². The number of hydrogen-bond acceptors (Lipinski definition) is 7. The maximum absolute atomic E-state index is 14.8. The van der Waals surface area contributed by atoms with Crippen LogP contribution in [0.15, 0.2) is 36.4 Å². The molecular weight excluding hydrogens is 559 g/mol. The van der Waals surface area contributed by atoms with Gasteiger partial charge in [0.05, 0.1) is 31.4 Å². The fraction of sp³-hybridized carbons (Fsp3) is 0.567. The molecule has 0 aliphatic carbocycles. The van der Waals surface area contributed by atoms with Crippen LogP contribution < -0.4 is 14.2 Å². The molecule has 0 spiro atoms. The monoisotopic (exact) mass is 599 g/mol. The van der Waals surface area contributed by atoms with Gasteiger partial charge < -0.3 is 23.5 Å². The Morgan fingerprint density at radius 2 is 1.83 bits per heavy atom. The van der Waals surface area contributed by atoms with E-state index in [0.717, 1.165) is 12.8 Å². The van der Waals surface area contributed by atoms with E-state index < -0.39 is 46.1 Å². The van der Waals surface area contributed by atoms with Crippen LogP contribution in [0.5, 0.6) is 11.5 Å². The van der Waals surface area contributed by atoms with Gasteiger partial charge in [0, 0.05) is 17.8 Å². The smallest absolute Gasteiger partial charge is 0.417 e. The quantitative estimate of drug-likeness (QED) is 0.121. The van der Waals surface area contributed by atoms with Crippen molar-refractivity contribution < 1.29 is 41.5 Å². The Hall–Kier alpha value is -2.31. The molecule has 2 aromatic rings. The highest BCUT2D eigenvalue weighted by Gasteiger charge is 2.42. The number of esters is 1. The molecule has 41 heavy (non-hydrogen) atoms. The fourth-order valence-electron chi connectivity index (χ4n) is 4.39. The van der Waals surface area contributed by atoms with Crippen LogP contribution in [0.2, 0.25) is 0 Å². The van der Waals surface area contributed by atoms with Crippen LogP contribution in [0.3, 0.4) is 0 Å². The number of alkyl halides is 3. The lowest BCUT2D eigenvalue weighted by Crippen LogP contribution is -2.42. The zero-order chi connectivity index (χ0) is 30.2. The number of ether oxygens (including phenoxy) is 4. The van der Waals surface area contributed by atoms with Crippen molar-refractivity contribution in [2.75, 3.05) is 19.8 Å². The van der Waals surface area contributed by atoms with Crippen LogP contribution in [0, 0.1) is 6.92 Å². The summed E-state index contributed by atoms with van der Waals surface area (Å²) in [6.45, 7) is 9.59. The first kappa shape index (κ1) is 33.2. The molecule has 0 amide bonds. The minimum absolute atomic E-state index is 0.0154. The van der Waals surface area contributed by atoms with Crippen molar-refractivity contribution in [3.8, 4) is 11.5 Å². The molecule has 0 radical (unpaired) electrons. The topological polar surface area (TPSA) is 89.1 Å². The van der Waals surface area contributed by atoms with E-state index in [1.165, 1.54) is 13.0 Å². The number of unbranched alkanes of at least 4 members (excludes halogenated alkanes) is 1. The number of benzene rings is 2. The summed E-state index contributed by atoms with van der Waals surface area (Å²) < 4.78 is 82.4. The molecule has 0 bridgehead atoms. The Kier molecular flexibility index (Phi) is 11.9. The van der Waals surface area contributed by atoms with Crippen LogP contribution in [0.25, 0.3) is 0 Å². The van der Waals surface area contributed by atoms with Gasteiger partial charge in [-0.05, 0) is 76.3 Å². The normalized spacial score (nSPS) is 16.3. The molecule has 7 nitrogen and oxygen atoms in total. The van der Waals surface area contributed by atoms with Gasteiger partial charge in [0.15, 0.2) is 6.29 Å². The summed E-state index contributed by atoms with van der Waals surface area (Å²) >= 11 is -1.70. The third-order valence-electron chi connectivity index (χ3n) is 6.54. The van der Waals surface area contributed by atoms with E-state index in [1.807, 2.05) is 6.92 Å². The molecular formula is C30H40F3NO6S. The van der Waals surface area contributed by atoms with Crippen LogP contribution in [-0.2, 0) is 27.0 Å². The Morgan fingerprint density at radius 1 is 1.17 bits per heavy atom. The molecule has 2 unspecified atom stereocenters. The summed E-state index contributed by atoms with van der Waals surface area (Å²) in [4.78, 5) is 13.3. The first-order chi connectivity index (χ1) is 19.3. The van der Waals surface area contributed by atoms with Gasteiger partial charge in [-0.15, -0.1) is 4.72 Å². The van der Waals surface area contributed by atoms with E-state index in [9.17, 15) is 22.5 Å². The van der Waals surface area contributed by atoms with Crippen LogP contribution in [0.4, 0.5) is 13.2 Å². The minimum Gasteiger partial charge on any atom is -0.598 e. The summed E-state index contributed by atoms with van der Waals surface area (Å²) in [5, 5.41) is 0. The van der Waals surface area contributed by atoms with Gasteiger partial charge in [-0.25, -0.2) is 4.79 Å². The Morgan fingerprint density at radius 3 is 2.41 bits per heavy atom. The zero-order valence-corrected chi connectivity index (χ0v) is 25.1. The Balaban J connectivity index is 2.13. The maximum atomic E-state index is 14.8. The molecule has 2 aromatic carbocycles. The third kappa shape index (κ3) is 9.34. The summed E-state index contributed by atoms with van der Waals surface area (Å²) in [5.74, 6) is -0.774. The zero-order valence-electron chi connectivity index (χ0n) is 24.3. The van der Waals surface area contributed by atoms with E-state index in [2.05, 4.69) is 4.72 Å². The van der Waals surface area contributed by atoms with E-state index in [0.29, 0.717) is 19.6 Å². The van der Waals surface area contributed by atoms with Crippen molar-refractivity contribution in [1.82, 2.24) is 4.72 Å². The van der Waals surface area contributed by atoms with Crippen molar-refractivity contribution in [3.63, 3.8) is 0 Å². The standard InChI is InChI=1S/C30H40F3NO6S/c1-6-7-16-37-24-19-22(23(34-41(36)29(3,4)5)14-15-25-38-17-11-18-39-25)27(30(31,32)33)20(2)26(24)28(35)40-21-12-9-8-10-13-21/h8-10,12-13,19,23,25,34H,6-7,11,14-18H2,1-5H3. The Bertz CT molecular complexity index is 1130. The first-order valence-corrected chi connectivity index (χ1v) is 15.0. The van der Waals surface area contributed by atoms with Gasteiger partial charge >= 0.3 is 12.1 Å². The summed E-state index contributed by atoms with van der Waals surface area (Å²) in [5.41, 5.74) is -1.77. The van der Waals surface area contributed by atoms with Gasteiger partial charge in [0.25, 0.3) is 0 Å².